The second-order valence-electron chi connectivity index (χ2n) is 3.67. The van der Waals surface area contributed by atoms with Crippen LogP contribution in [-0.2, 0) is 0 Å². The van der Waals surface area contributed by atoms with E-state index in [0.717, 1.165) is 9.35 Å². The minimum absolute atomic E-state index is 0.135. The number of halogens is 1. The van der Waals surface area contributed by atoms with Crippen LogP contribution in [0.2, 0.25) is 0 Å². The lowest BCUT2D eigenvalue weighted by atomic mass is 10.2. The number of non-ortho nitro benzene ring substituents is 1. The summed E-state index contributed by atoms with van der Waals surface area (Å²) in [5.41, 5.74) is 2.37. The zero-order chi connectivity index (χ0) is 14.5. The largest absolute Gasteiger partial charge is 0.271 e. The first-order valence-electron chi connectivity index (χ1n) is 5.38. The number of rotatable bonds is 4. The Bertz CT molecular complexity index is 684. The molecule has 0 atom stereocenters. The topological polar surface area (TPSA) is 84.6 Å². The van der Waals surface area contributed by atoms with Gasteiger partial charge in [0.15, 0.2) is 0 Å². The summed E-state index contributed by atoms with van der Waals surface area (Å²) in [5.74, 6) is -0.499. The van der Waals surface area contributed by atoms with Crippen molar-refractivity contribution in [3.05, 3.63) is 60.7 Å². The van der Waals surface area contributed by atoms with Crippen molar-refractivity contribution < 1.29 is 9.72 Å². The van der Waals surface area contributed by atoms with Gasteiger partial charge in [0.1, 0.15) is 0 Å². The van der Waals surface area contributed by atoms with E-state index in [9.17, 15) is 14.9 Å². The number of nitro benzene ring substituents is 1. The first kappa shape index (κ1) is 14.4. The van der Waals surface area contributed by atoms with Crippen LogP contribution in [-0.4, -0.2) is 17.0 Å². The lowest BCUT2D eigenvalue weighted by molar-refractivity contribution is -0.384. The highest BCUT2D eigenvalue weighted by atomic mass is 79.9. The summed E-state index contributed by atoms with van der Waals surface area (Å²) in [5, 5.41) is 16.3. The van der Waals surface area contributed by atoms with Gasteiger partial charge in [-0.2, -0.15) is 5.10 Å². The van der Waals surface area contributed by atoms with E-state index in [2.05, 4.69) is 26.5 Å². The van der Waals surface area contributed by atoms with Crippen LogP contribution in [0.1, 0.15) is 15.2 Å². The molecule has 6 nitrogen and oxygen atoms in total. The Hall–Kier alpha value is -2.06. The molecule has 1 aromatic heterocycles. The smallest absolute Gasteiger partial charge is 0.267 e. The van der Waals surface area contributed by atoms with Gasteiger partial charge in [-0.15, -0.1) is 11.3 Å². The predicted molar refractivity (Wildman–Crippen MR) is 80.2 cm³/mol. The molecule has 1 N–H and O–H groups in total. The first-order valence-corrected chi connectivity index (χ1v) is 7.05. The standard InChI is InChI=1S/C12H8BrN3O3S/c13-9-5-11(20-7-9)6-14-15-12(17)8-2-1-3-10(4-8)16(18)19/h1-7H,(H,15,17). The van der Waals surface area contributed by atoms with Crippen LogP contribution >= 0.6 is 27.3 Å². The molecule has 2 aromatic rings. The monoisotopic (exact) mass is 353 g/mol. The molecule has 0 aliphatic heterocycles. The van der Waals surface area contributed by atoms with Gasteiger partial charge in [-0.1, -0.05) is 6.07 Å². The van der Waals surface area contributed by atoms with Crippen LogP contribution in [0.4, 0.5) is 5.69 Å². The lowest BCUT2D eigenvalue weighted by Crippen LogP contribution is -2.17. The Balaban J connectivity index is 2.03. The van der Waals surface area contributed by atoms with Gasteiger partial charge in [-0.25, -0.2) is 5.43 Å². The zero-order valence-corrected chi connectivity index (χ0v) is 12.3. The third-order valence-corrected chi connectivity index (χ3v) is 3.89. The number of hydrazone groups is 1. The maximum atomic E-state index is 11.8. The number of benzene rings is 1. The average Bonchev–Trinajstić information content (AvgIpc) is 2.84. The Morgan fingerprint density at radius 2 is 2.25 bits per heavy atom. The molecule has 0 radical (unpaired) electrons. The average molecular weight is 354 g/mol. The number of thiophene rings is 1. The van der Waals surface area contributed by atoms with Crippen LogP contribution in [0.25, 0.3) is 0 Å². The molecule has 20 heavy (non-hydrogen) atoms. The highest BCUT2D eigenvalue weighted by Gasteiger charge is 2.10. The van der Waals surface area contributed by atoms with E-state index >= 15 is 0 Å². The van der Waals surface area contributed by atoms with Gasteiger partial charge in [-0.05, 0) is 28.1 Å². The third kappa shape index (κ3) is 3.72. The molecular formula is C12H8BrN3O3S. The number of carbonyl (C=O) groups excluding carboxylic acids is 1. The maximum Gasteiger partial charge on any atom is 0.271 e. The predicted octanol–water partition coefficient (Wildman–Crippen LogP) is 3.18. The van der Waals surface area contributed by atoms with Gasteiger partial charge in [0.05, 0.1) is 11.1 Å². The summed E-state index contributed by atoms with van der Waals surface area (Å²) < 4.78 is 0.939. The quantitative estimate of drug-likeness (QED) is 0.520. The molecule has 102 valence electrons. The van der Waals surface area contributed by atoms with E-state index in [4.69, 9.17) is 0 Å². The second-order valence-corrected chi connectivity index (χ2v) is 5.53. The fourth-order valence-corrected chi connectivity index (χ4v) is 2.68. The van der Waals surface area contributed by atoms with Crippen LogP contribution in [0.5, 0.6) is 0 Å². The number of nitro groups is 1. The van der Waals surface area contributed by atoms with Gasteiger partial charge in [-0.3, -0.25) is 14.9 Å². The van der Waals surface area contributed by atoms with Crippen molar-refractivity contribution in [2.45, 2.75) is 0 Å². The molecule has 1 amide bonds. The van der Waals surface area contributed by atoms with Gasteiger partial charge < -0.3 is 0 Å². The second kappa shape index (κ2) is 6.40. The van der Waals surface area contributed by atoms with Crippen molar-refractivity contribution in [2.24, 2.45) is 5.10 Å². The van der Waals surface area contributed by atoms with E-state index in [1.165, 1.54) is 41.8 Å². The Morgan fingerprint density at radius 1 is 1.45 bits per heavy atom. The lowest BCUT2D eigenvalue weighted by Gasteiger charge is -1.99. The summed E-state index contributed by atoms with van der Waals surface area (Å²) in [7, 11) is 0. The molecule has 0 fully saturated rings. The molecule has 0 unspecified atom stereocenters. The molecule has 0 saturated carbocycles. The Kier molecular flexibility index (Phi) is 4.59. The highest BCUT2D eigenvalue weighted by Crippen LogP contribution is 2.17. The van der Waals surface area contributed by atoms with Crippen molar-refractivity contribution in [2.75, 3.05) is 0 Å². The number of nitrogens with zero attached hydrogens (tertiary/aromatic N) is 2. The summed E-state index contributed by atoms with van der Waals surface area (Å²) in [6.45, 7) is 0. The van der Waals surface area contributed by atoms with Crippen LogP contribution in [0.15, 0.2) is 45.3 Å². The van der Waals surface area contributed by atoms with Gasteiger partial charge in [0, 0.05) is 32.4 Å². The van der Waals surface area contributed by atoms with Gasteiger partial charge >= 0.3 is 0 Å². The van der Waals surface area contributed by atoms with Crippen molar-refractivity contribution in [3.63, 3.8) is 0 Å². The molecule has 1 aromatic carbocycles. The number of nitrogens with one attached hydrogen (secondary N) is 1. The van der Waals surface area contributed by atoms with Crippen molar-refractivity contribution in [1.82, 2.24) is 5.43 Å². The number of carbonyl (C=O) groups is 1. The minimum atomic E-state index is -0.552. The van der Waals surface area contributed by atoms with Crippen LogP contribution in [0, 0.1) is 10.1 Å². The first-order chi connectivity index (χ1) is 9.56. The Labute approximate surface area is 126 Å². The van der Waals surface area contributed by atoms with Gasteiger partial charge in [0.25, 0.3) is 11.6 Å². The van der Waals surface area contributed by atoms with Crippen LogP contribution < -0.4 is 5.43 Å². The molecule has 0 aliphatic rings. The van der Waals surface area contributed by atoms with E-state index in [-0.39, 0.29) is 11.3 Å². The Morgan fingerprint density at radius 3 is 2.90 bits per heavy atom. The van der Waals surface area contributed by atoms with Crippen molar-refractivity contribution >= 4 is 45.1 Å². The number of amides is 1. The molecule has 0 saturated heterocycles. The summed E-state index contributed by atoms with van der Waals surface area (Å²) in [4.78, 5) is 22.7. The molecule has 2 rings (SSSR count). The van der Waals surface area contributed by atoms with Crippen LogP contribution in [0.3, 0.4) is 0 Å². The van der Waals surface area contributed by atoms with Gasteiger partial charge in [0.2, 0.25) is 0 Å². The van der Waals surface area contributed by atoms with E-state index in [1.807, 2.05) is 11.4 Å². The number of hydrogen-bond donors (Lipinski definition) is 1. The van der Waals surface area contributed by atoms with Crippen molar-refractivity contribution in [1.29, 1.82) is 0 Å². The van der Waals surface area contributed by atoms with E-state index < -0.39 is 10.8 Å². The normalized spacial score (nSPS) is 10.7. The number of hydrogen-bond acceptors (Lipinski definition) is 5. The summed E-state index contributed by atoms with van der Waals surface area (Å²) in [6, 6.07) is 7.32. The molecule has 0 bridgehead atoms. The van der Waals surface area contributed by atoms with Crippen molar-refractivity contribution in [3.8, 4) is 0 Å². The maximum absolute atomic E-state index is 11.8. The SMILES string of the molecule is O=C(NN=Cc1cc(Br)cs1)c1cccc([N+](=O)[O-])c1. The fraction of sp³-hybridized carbons (Fsp3) is 0. The third-order valence-electron chi connectivity index (χ3n) is 2.26. The molecule has 0 spiro atoms. The zero-order valence-electron chi connectivity index (χ0n) is 9.95. The minimum Gasteiger partial charge on any atom is -0.267 e. The van der Waals surface area contributed by atoms with E-state index in [0.29, 0.717) is 0 Å². The highest BCUT2D eigenvalue weighted by molar-refractivity contribution is 9.10. The fourth-order valence-electron chi connectivity index (χ4n) is 1.38. The van der Waals surface area contributed by atoms with E-state index in [1.54, 1.807) is 0 Å². The molecule has 1 heterocycles. The summed E-state index contributed by atoms with van der Waals surface area (Å²) >= 11 is 4.78. The molecule has 0 aliphatic carbocycles. The molecule has 8 heteroatoms. The molecular weight excluding hydrogens is 346 g/mol. The summed E-state index contributed by atoms with van der Waals surface area (Å²) in [6.07, 6.45) is 1.50.